The smallest absolute Gasteiger partial charge is 0.403 e. The summed E-state index contributed by atoms with van der Waals surface area (Å²) in [5.74, 6) is 0.348. The number of hydrogen-bond donors (Lipinski definition) is 0. The summed E-state index contributed by atoms with van der Waals surface area (Å²) in [4.78, 5) is 11.1. The molecule has 0 spiro atoms. The molecule has 4 heteroatoms. The molecule has 2 fully saturated rings. The third-order valence-electron chi connectivity index (χ3n) is 4.67. The molecule has 0 bridgehead atoms. The summed E-state index contributed by atoms with van der Waals surface area (Å²) in [6, 6.07) is 0. The lowest BCUT2D eigenvalue weighted by Crippen LogP contribution is -2.41. The third kappa shape index (κ3) is 2.30. The summed E-state index contributed by atoms with van der Waals surface area (Å²) in [6.07, 6.45) is 5.45. The third-order valence-corrected chi connectivity index (χ3v) is 4.67. The van der Waals surface area contributed by atoms with Gasteiger partial charge in [0.05, 0.1) is 11.2 Å². The van der Waals surface area contributed by atoms with Crippen molar-refractivity contribution >= 4 is 13.4 Å². The van der Waals surface area contributed by atoms with Gasteiger partial charge >= 0.3 is 7.12 Å². The Morgan fingerprint density at radius 3 is 2.12 bits per heavy atom. The van der Waals surface area contributed by atoms with Crippen LogP contribution in [0.3, 0.4) is 0 Å². The highest BCUT2D eigenvalue weighted by Crippen LogP contribution is 2.45. The van der Waals surface area contributed by atoms with Crippen LogP contribution in [0.25, 0.3) is 0 Å². The van der Waals surface area contributed by atoms with Crippen molar-refractivity contribution in [2.45, 2.75) is 70.4 Å². The van der Waals surface area contributed by atoms with Gasteiger partial charge in [0.25, 0.3) is 0 Å². The maximum atomic E-state index is 11.1. The fourth-order valence-corrected chi connectivity index (χ4v) is 2.76. The van der Waals surface area contributed by atoms with Crippen molar-refractivity contribution in [1.29, 1.82) is 0 Å². The first-order valence-electron chi connectivity index (χ1n) is 6.68. The molecule has 0 aromatic rings. The van der Waals surface area contributed by atoms with E-state index in [-0.39, 0.29) is 30.1 Å². The van der Waals surface area contributed by atoms with Gasteiger partial charge in [0, 0.05) is 11.7 Å². The van der Waals surface area contributed by atoms with Crippen LogP contribution in [0.5, 0.6) is 0 Å². The van der Waals surface area contributed by atoms with Crippen LogP contribution in [0.2, 0.25) is 5.82 Å². The van der Waals surface area contributed by atoms with Gasteiger partial charge in [-0.2, -0.15) is 0 Å². The van der Waals surface area contributed by atoms with E-state index in [4.69, 9.17) is 9.31 Å². The van der Waals surface area contributed by atoms with E-state index in [0.717, 1.165) is 25.5 Å². The molecule has 1 heterocycles. The van der Waals surface area contributed by atoms with E-state index in [1.807, 2.05) is 0 Å². The Morgan fingerprint density at radius 2 is 1.59 bits per heavy atom. The average Bonchev–Trinajstić information content (AvgIpc) is 2.48. The second-order valence-corrected chi connectivity index (χ2v) is 6.37. The van der Waals surface area contributed by atoms with Crippen LogP contribution in [0, 0.1) is 5.92 Å². The molecule has 1 saturated heterocycles. The molecule has 2 atom stereocenters. The molecule has 1 saturated carbocycles. The summed E-state index contributed by atoms with van der Waals surface area (Å²) in [6.45, 7) is 8.25. The molecule has 0 aromatic carbocycles. The average molecular weight is 238 g/mol. The normalized spacial score (nSPS) is 35.9. The number of aldehydes is 1. The lowest BCUT2D eigenvalue weighted by molar-refractivity contribution is -0.112. The largest absolute Gasteiger partial charge is 0.461 e. The lowest BCUT2D eigenvalue weighted by atomic mass is 9.59. The van der Waals surface area contributed by atoms with E-state index in [0.29, 0.717) is 0 Å². The first-order valence-corrected chi connectivity index (χ1v) is 6.68. The van der Waals surface area contributed by atoms with Crippen molar-refractivity contribution in [3.63, 3.8) is 0 Å². The van der Waals surface area contributed by atoms with Crippen molar-refractivity contribution in [2.24, 2.45) is 5.92 Å². The predicted octanol–water partition coefficient (Wildman–Crippen LogP) is 2.84. The van der Waals surface area contributed by atoms with E-state index >= 15 is 0 Å². The number of carbonyl (C=O) groups is 1. The minimum atomic E-state index is -0.289. The van der Waals surface area contributed by atoms with Crippen LogP contribution >= 0.6 is 0 Å². The van der Waals surface area contributed by atoms with Crippen molar-refractivity contribution in [3.8, 4) is 0 Å². The fraction of sp³-hybridized carbons (Fsp3) is 0.923. The Hall–Kier alpha value is -0.345. The highest BCUT2D eigenvalue weighted by molar-refractivity contribution is 6.48. The van der Waals surface area contributed by atoms with Crippen LogP contribution in [0.4, 0.5) is 0 Å². The molecule has 1 aliphatic heterocycles. The standard InChI is InChI=1S/C13H23BO3/c1-12(2)13(3,4)17-14(16-12)11-8-6-5-7-10(11)9-15/h9-11H,5-8H2,1-4H3. The number of hydrogen-bond acceptors (Lipinski definition) is 3. The summed E-state index contributed by atoms with van der Waals surface area (Å²) in [5.41, 5.74) is -0.578. The van der Waals surface area contributed by atoms with Crippen LogP contribution < -0.4 is 0 Å². The zero-order chi connectivity index (χ0) is 12.7. The second-order valence-electron chi connectivity index (χ2n) is 6.37. The van der Waals surface area contributed by atoms with Crippen molar-refractivity contribution < 1.29 is 14.1 Å². The fourth-order valence-electron chi connectivity index (χ4n) is 2.76. The first kappa shape index (κ1) is 13.1. The van der Waals surface area contributed by atoms with E-state index < -0.39 is 0 Å². The van der Waals surface area contributed by atoms with Crippen molar-refractivity contribution in [2.75, 3.05) is 0 Å². The first-order chi connectivity index (χ1) is 7.87. The van der Waals surface area contributed by atoms with Gasteiger partial charge in [-0.3, -0.25) is 0 Å². The van der Waals surface area contributed by atoms with Crippen LogP contribution in [0.1, 0.15) is 53.4 Å². The molecule has 0 N–H and O–H groups in total. The van der Waals surface area contributed by atoms with Gasteiger partial charge in [-0.25, -0.2) is 0 Å². The summed E-state index contributed by atoms with van der Waals surface area (Å²) >= 11 is 0. The van der Waals surface area contributed by atoms with Gasteiger partial charge in [-0.1, -0.05) is 19.3 Å². The highest BCUT2D eigenvalue weighted by atomic mass is 16.7. The molecule has 2 aliphatic rings. The molecule has 2 rings (SSSR count). The maximum Gasteiger partial charge on any atom is 0.461 e. The molecule has 17 heavy (non-hydrogen) atoms. The maximum absolute atomic E-state index is 11.1. The van der Waals surface area contributed by atoms with E-state index in [1.165, 1.54) is 6.42 Å². The highest BCUT2D eigenvalue weighted by Gasteiger charge is 2.55. The molecule has 0 radical (unpaired) electrons. The van der Waals surface area contributed by atoms with E-state index in [2.05, 4.69) is 27.7 Å². The molecule has 96 valence electrons. The molecule has 0 amide bonds. The quantitative estimate of drug-likeness (QED) is 0.548. The molecule has 0 aromatic heterocycles. The Kier molecular flexibility index (Phi) is 3.39. The van der Waals surface area contributed by atoms with Crippen molar-refractivity contribution in [1.82, 2.24) is 0 Å². The summed E-state index contributed by atoms with van der Waals surface area (Å²) in [5, 5.41) is 0. The Bertz CT molecular complexity index is 285. The number of rotatable bonds is 2. The molecular weight excluding hydrogens is 215 g/mol. The lowest BCUT2D eigenvalue weighted by Gasteiger charge is -2.32. The predicted molar refractivity (Wildman–Crippen MR) is 67.9 cm³/mol. The molecule has 3 nitrogen and oxygen atoms in total. The van der Waals surface area contributed by atoms with Crippen molar-refractivity contribution in [3.05, 3.63) is 0 Å². The Morgan fingerprint density at radius 1 is 1.06 bits per heavy atom. The summed E-state index contributed by atoms with van der Waals surface area (Å²) < 4.78 is 12.1. The van der Waals surface area contributed by atoms with Crippen LogP contribution in [-0.2, 0) is 14.1 Å². The van der Waals surface area contributed by atoms with Crippen LogP contribution in [0.15, 0.2) is 0 Å². The SMILES string of the molecule is CC1(C)OB(C2CCCCC2C=O)OC1(C)C. The van der Waals surface area contributed by atoms with E-state index in [1.54, 1.807) is 0 Å². The minimum absolute atomic E-state index is 0.110. The molecule has 2 unspecified atom stereocenters. The van der Waals surface area contributed by atoms with Gasteiger partial charge in [-0.05, 0) is 34.1 Å². The second kappa shape index (κ2) is 4.40. The number of carbonyl (C=O) groups excluding carboxylic acids is 1. The summed E-state index contributed by atoms with van der Waals surface area (Å²) in [7, 11) is -0.213. The van der Waals surface area contributed by atoms with Crippen LogP contribution in [-0.4, -0.2) is 24.6 Å². The van der Waals surface area contributed by atoms with Gasteiger partial charge in [0.1, 0.15) is 6.29 Å². The molecular formula is C13H23BO3. The zero-order valence-electron chi connectivity index (χ0n) is 11.4. The van der Waals surface area contributed by atoms with Gasteiger partial charge in [0.2, 0.25) is 0 Å². The Balaban J connectivity index is 2.11. The van der Waals surface area contributed by atoms with Gasteiger partial charge in [0.15, 0.2) is 0 Å². The molecule has 1 aliphatic carbocycles. The zero-order valence-corrected chi connectivity index (χ0v) is 11.4. The minimum Gasteiger partial charge on any atom is -0.403 e. The topological polar surface area (TPSA) is 35.5 Å². The van der Waals surface area contributed by atoms with Gasteiger partial charge < -0.3 is 14.1 Å². The monoisotopic (exact) mass is 238 g/mol. The Labute approximate surface area is 104 Å². The van der Waals surface area contributed by atoms with E-state index in [9.17, 15) is 4.79 Å². The van der Waals surface area contributed by atoms with Gasteiger partial charge in [-0.15, -0.1) is 0 Å².